The summed E-state index contributed by atoms with van der Waals surface area (Å²) >= 11 is 0. The maximum absolute atomic E-state index is 13.8. The normalized spacial score (nSPS) is 13.1. The van der Waals surface area contributed by atoms with Crippen LogP contribution in [-0.2, 0) is 28.2 Å². The first-order chi connectivity index (χ1) is 21.7. The lowest BCUT2D eigenvalue weighted by Crippen LogP contribution is -2.30. The minimum atomic E-state index is -3.73. The second-order valence-electron chi connectivity index (χ2n) is 11.7. The Hall–Kier alpha value is -2.45. The maximum atomic E-state index is 13.8. The molecule has 0 saturated heterocycles. The molecule has 0 saturated carbocycles. The van der Waals surface area contributed by atoms with Crippen molar-refractivity contribution >= 4 is 25.2 Å². The standard InChI is InChI=1S/C34H58NO9P/c1-4-7-10-12-14-16-18-21-33(36)41-28-32(43-34(37)22-19-17-15-13-11-8-5-2)29-42-45(40,27-20-9-6-3)44-31-25-23-30(24-26-31)35(38)39/h23-26,32H,4-22,27-29H2,1-3H3/t32-,45+/m1/s1. The molecule has 0 amide bonds. The van der Waals surface area contributed by atoms with Gasteiger partial charge in [-0.25, -0.2) is 4.57 Å². The number of esters is 2. The summed E-state index contributed by atoms with van der Waals surface area (Å²) in [7, 11) is -3.73. The van der Waals surface area contributed by atoms with Crippen LogP contribution in [0.25, 0.3) is 0 Å². The number of rotatable bonds is 29. The van der Waals surface area contributed by atoms with Gasteiger partial charge in [0.2, 0.25) is 0 Å². The average molecular weight is 656 g/mol. The predicted molar refractivity (Wildman–Crippen MR) is 178 cm³/mol. The first-order valence-corrected chi connectivity index (χ1v) is 19.0. The Labute approximate surface area is 271 Å². The van der Waals surface area contributed by atoms with E-state index in [-0.39, 0.29) is 49.6 Å². The second-order valence-corrected chi connectivity index (χ2v) is 13.8. The van der Waals surface area contributed by atoms with Crippen LogP contribution in [0.4, 0.5) is 5.69 Å². The van der Waals surface area contributed by atoms with Gasteiger partial charge in [-0.2, -0.15) is 0 Å². The highest BCUT2D eigenvalue weighted by Gasteiger charge is 2.29. The molecule has 0 aliphatic carbocycles. The molecule has 0 spiro atoms. The molecule has 45 heavy (non-hydrogen) atoms. The number of hydrogen-bond donors (Lipinski definition) is 0. The summed E-state index contributed by atoms with van der Waals surface area (Å²) in [4.78, 5) is 35.6. The van der Waals surface area contributed by atoms with Gasteiger partial charge in [-0.15, -0.1) is 0 Å². The largest absolute Gasteiger partial charge is 0.462 e. The summed E-state index contributed by atoms with van der Waals surface area (Å²) in [6, 6.07) is 5.29. The van der Waals surface area contributed by atoms with Gasteiger partial charge in [0.25, 0.3) is 5.69 Å². The topological polar surface area (TPSA) is 131 Å². The summed E-state index contributed by atoms with van der Waals surface area (Å²) in [6.07, 6.45) is 17.0. The molecular formula is C34H58NO9P. The number of ether oxygens (including phenoxy) is 2. The third-order valence-corrected chi connectivity index (χ3v) is 9.38. The number of nitro groups is 1. The van der Waals surface area contributed by atoms with Crippen LogP contribution in [0.3, 0.4) is 0 Å². The van der Waals surface area contributed by atoms with Gasteiger partial charge in [-0.1, -0.05) is 111 Å². The van der Waals surface area contributed by atoms with Crippen LogP contribution in [0, 0.1) is 10.1 Å². The van der Waals surface area contributed by atoms with Crippen LogP contribution < -0.4 is 4.52 Å². The van der Waals surface area contributed by atoms with Crippen LogP contribution in [0.15, 0.2) is 24.3 Å². The van der Waals surface area contributed by atoms with Gasteiger partial charge in [0, 0.05) is 25.0 Å². The molecule has 0 unspecified atom stereocenters. The summed E-state index contributed by atoms with van der Waals surface area (Å²) < 4.78 is 36.4. The van der Waals surface area contributed by atoms with E-state index in [2.05, 4.69) is 13.8 Å². The van der Waals surface area contributed by atoms with Crippen LogP contribution in [0.2, 0.25) is 0 Å². The van der Waals surface area contributed by atoms with Crippen LogP contribution >= 0.6 is 7.60 Å². The fourth-order valence-electron chi connectivity index (χ4n) is 4.75. The van der Waals surface area contributed by atoms with Crippen molar-refractivity contribution in [3.63, 3.8) is 0 Å². The van der Waals surface area contributed by atoms with E-state index >= 15 is 0 Å². The van der Waals surface area contributed by atoms with Gasteiger partial charge in [-0.3, -0.25) is 24.2 Å². The maximum Gasteiger partial charge on any atom is 0.379 e. The Balaban J connectivity index is 2.78. The first kappa shape index (κ1) is 40.6. The molecule has 1 rings (SSSR count). The number of carbonyl (C=O) groups is 2. The molecule has 0 bridgehead atoms. The Morgan fingerprint density at radius 2 is 1.20 bits per heavy atom. The van der Waals surface area contributed by atoms with Gasteiger partial charge in [0.05, 0.1) is 17.7 Å². The van der Waals surface area contributed by atoms with Gasteiger partial charge in [0.1, 0.15) is 12.4 Å². The van der Waals surface area contributed by atoms with Crippen molar-refractivity contribution in [3.05, 3.63) is 34.4 Å². The molecule has 11 heteroatoms. The Morgan fingerprint density at radius 3 is 1.73 bits per heavy atom. The molecule has 0 radical (unpaired) electrons. The van der Waals surface area contributed by atoms with Crippen molar-refractivity contribution in [3.8, 4) is 5.75 Å². The zero-order valence-corrected chi connectivity index (χ0v) is 28.9. The van der Waals surface area contributed by atoms with E-state index in [1.165, 1.54) is 62.8 Å². The molecule has 0 N–H and O–H groups in total. The molecule has 0 heterocycles. The molecule has 0 aliphatic rings. The van der Waals surface area contributed by atoms with E-state index in [0.717, 1.165) is 57.8 Å². The second kappa shape index (κ2) is 25.7. The molecule has 0 aliphatic heterocycles. The number of hydrogen-bond acceptors (Lipinski definition) is 9. The molecule has 2 atom stereocenters. The van der Waals surface area contributed by atoms with E-state index in [1.807, 2.05) is 6.92 Å². The summed E-state index contributed by atoms with van der Waals surface area (Å²) in [6.45, 7) is 5.90. The third kappa shape index (κ3) is 21.1. The number of non-ortho nitro benzene ring substituents is 1. The molecule has 10 nitrogen and oxygen atoms in total. The molecule has 1 aromatic carbocycles. The van der Waals surface area contributed by atoms with E-state index in [1.54, 1.807) is 0 Å². The highest BCUT2D eigenvalue weighted by Crippen LogP contribution is 2.49. The highest BCUT2D eigenvalue weighted by atomic mass is 31.2. The Morgan fingerprint density at radius 1 is 0.711 bits per heavy atom. The molecule has 1 aromatic rings. The van der Waals surface area contributed by atoms with Gasteiger partial charge >= 0.3 is 19.5 Å². The zero-order chi connectivity index (χ0) is 33.2. The van der Waals surface area contributed by atoms with E-state index in [9.17, 15) is 24.3 Å². The SMILES string of the molecule is CCCCCCCCCC(=O)OC[C@H](CO[P@@](=O)(CCCCC)Oc1ccc([N+](=O)[O-])cc1)OC(=O)CCCCCCCCC. The zero-order valence-electron chi connectivity index (χ0n) is 28.0. The average Bonchev–Trinajstić information content (AvgIpc) is 3.02. The third-order valence-electron chi connectivity index (χ3n) is 7.48. The molecule has 0 fully saturated rings. The van der Waals surface area contributed by atoms with E-state index < -0.39 is 24.6 Å². The molecular weight excluding hydrogens is 597 g/mol. The van der Waals surface area contributed by atoms with Crippen molar-refractivity contribution in [2.24, 2.45) is 0 Å². The summed E-state index contributed by atoms with van der Waals surface area (Å²) in [5.41, 5.74) is -0.115. The minimum absolute atomic E-state index is 0.115. The smallest absolute Gasteiger partial charge is 0.379 e. The fourth-order valence-corrected chi connectivity index (χ4v) is 6.47. The van der Waals surface area contributed by atoms with Crippen molar-refractivity contribution in [1.82, 2.24) is 0 Å². The monoisotopic (exact) mass is 655 g/mol. The fraction of sp³-hybridized carbons (Fsp3) is 0.765. The number of carbonyl (C=O) groups excluding carboxylic acids is 2. The first-order valence-electron chi connectivity index (χ1n) is 17.3. The van der Waals surface area contributed by atoms with Gasteiger partial charge in [0.15, 0.2) is 6.10 Å². The predicted octanol–water partition coefficient (Wildman–Crippen LogP) is 10.1. The number of nitrogens with zero attached hydrogens (tertiary/aromatic N) is 1. The van der Waals surface area contributed by atoms with Crippen molar-refractivity contribution in [2.75, 3.05) is 19.4 Å². The van der Waals surface area contributed by atoms with Gasteiger partial charge < -0.3 is 14.0 Å². The minimum Gasteiger partial charge on any atom is -0.462 e. The van der Waals surface area contributed by atoms with Crippen LogP contribution in [-0.4, -0.2) is 42.3 Å². The lowest BCUT2D eigenvalue weighted by atomic mass is 10.1. The van der Waals surface area contributed by atoms with Crippen LogP contribution in [0.1, 0.15) is 143 Å². The Bertz CT molecular complexity index is 986. The van der Waals surface area contributed by atoms with E-state index in [4.69, 9.17) is 18.5 Å². The van der Waals surface area contributed by atoms with Gasteiger partial charge in [-0.05, 0) is 31.4 Å². The van der Waals surface area contributed by atoms with Crippen molar-refractivity contribution < 1.29 is 37.6 Å². The Kier molecular flexibility index (Phi) is 23.2. The van der Waals surface area contributed by atoms with Crippen molar-refractivity contribution in [2.45, 2.75) is 149 Å². The van der Waals surface area contributed by atoms with E-state index in [0.29, 0.717) is 12.8 Å². The number of nitro benzene ring substituents is 1. The van der Waals surface area contributed by atoms with Crippen molar-refractivity contribution in [1.29, 1.82) is 0 Å². The summed E-state index contributed by atoms with van der Waals surface area (Å²) in [5, 5.41) is 11.0. The quantitative estimate of drug-likeness (QED) is 0.0272. The number of benzene rings is 1. The lowest BCUT2D eigenvalue weighted by Gasteiger charge is -2.23. The molecule has 258 valence electrons. The van der Waals surface area contributed by atoms with Crippen LogP contribution in [0.5, 0.6) is 5.75 Å². The lowest BCUT2D eigenvalue weighted by molar-refractivity contribution is -0.384. The molecule has 0 aromatic heterocycles. The number of unbranched alkanes of at least 4 members (excludes halogenated alkanes) is 14. The highest BCUT2D eigenvalue weighted by molar-refractivity contribution is 7.54. The summed E-state index contributed by atoms with van der Waals surface area (Å²) in [5.74, 6) is -0.614.